The van der Waals surface area contributed by atoms with Gasteiger partial charge in [0.25, 0.3) is 0 Å². The number of rotatable bonds is 2. The van der Waals surface area contributed by atoms with E-state index in [1.165, 1.54) is 6.92 Å². The first-order chi connectivity index (χ1) is 7.45. The predicted molar refractivity (Wildman–Crippen MR) is 54.4 cm³/mol. The summed E-state index contributed by atoms with van der Waals surface area (Å²) >= 11 is 0. The van der Waals surface area contributed by atoms with Gasteiger partial charge >= 0.3 is 6.68 Å². The quantitative estimate of drug-likeness (QED) is 0.855. The van der Waals surface area contributed by atoms with E-state index in [0.29, 0.717) is 0 Å². The van der Waals surface area contributed by atoms with E-state index in [4.69, 9.17) is 4.74 Å². The first kappa shape index (κ1) is 14.3. The van der Waals surface area contributed by atoms with Gasteiger partial charge in [0, 0.05) is 12.6 Å². The molecule has 0 fully saturated rings. The Labute approximate surface area is 91.2 Å². The van der Waals surface area contributed by atoms with Crippen LogP contribution in [0, 0.1) is 0 Å². The van der Waals surface area contributed by atoms with Crippen LogP contribution in [0.4, 0.5) is 18.9 Å². The first-order valence-corrected chi connectivity index (χ1v) is 4.29. The Hall–Kier alpha value is -1.72. The van der Waals surface area contributed by atoms with Gasteiger partial charge in [-0.05, 0) is 24.3 Å². The second-order valence-electron chi connectivity index (χ2n) is 2.66. The zero-order valence-corrected chi connectivity index (χ0v) is 8.84. The van der Waals surface area contributed by atoms with Gasteiger partial charge in [-0.2, -0.15) is 13.2 Å². The summed E-state index contributed by atoms with van der Waals surface area (Å²) in [6.45, 7) is -2.19. The Morgan fingerprint density at radius 3 is 2.00 bits per heavy atom. The zero-order chi connectivity index (χ0) is 12.6. The fraction of sp³-hybridized carbons (Fsp3) is 0.300. The molecule has 0 aliphatic heterocycles. The molecule has 1 rings (SSSR count). The van der Waals surface area contributed by atoms with Crippen LogP contribution in [-0.4, -0.2) is 19.7 Å². The van der Waals surface area contributed by atoms with E-state index in [9.17, 15) is 18.0 Å². The highest BCUT2D eigenvalue weighted by atomic mass is 19.4. The molecule has 1 aromatic rings. The van der Waals surface area contributed by atoms with Gasteiger partial charge in [-0.1, -0.05) is 0 Å². The fourth-order valence-corrected chi connectivity index (χ4v) is 0.878. The number of ether oxygens (including phenoxy) is 1. The largest absolute Gasteiger partial charge is 0.497 e. The van der Waals surface area contributed by atoms with Crippen molar-refractivity contribution in [1.82, 2.24) is 0 Å². The van der Waals surface area contributed by atoms with Gasteiger partial charge in [0.05, 0.1) is 7.11 Å². The molecule has 0 saturated carbocycles. The Morgan fingerprint density at radius 2 is 1.69 bits per heavy atom. The number of hydrogen-bond donors (Lipinski definition) is 1. The molecule has 1 amide bonds. The van der Waals surface area contributed by atoms with Gasteiger partial charge in [-0.3, -0.25) is 4.79 Å². The average Bonchev–Trinajstić information content (AvgIpc) is 2.17. The fourth-order valence-electron chi connectivity index (χ4n) is 0.878. The van der Waals surface area contributed by atoms with Crippen molar-refractivity contribution in [3.05, 3.63) is 24.3 Å². The summed E-state index contributed by atoms with van der Waals surface area (Å²) < 4.78 is 34.0. The van der Waals surface area contributed by atoms with E-state index in [1.807, 2.05) is 0 Å². The molecule has 0 aromatic heterocycles. The van der Waals surface area contributed by atoms with E-state index in [1.54, 1.807) is 31.4 Å². The molecule has 0 atom stereocenters. The summed E-state index contributed by atoms with van der Waals surface area (Å²) in [7, 11) is 1.60. The minimum absolute atomic E-state index is 0.0693. The van der Waals surface area contributed by atoms with Crippen molar-refractivity contribution in [1.29, 1.82) is 0 Å². The minimum Gasteiger partial charge on any atom is -0.497 e. The molecule has 0 radical (unpaired) electrons. The SMILES string of the molecule is COc1ccc(NC(C)=O)cc1.FC(F)F. The number of carbonyl (C=O) groups excluding carboxylic acids is 1. The maximum atomic E-state index is 10.6. The molecule has 1 N–H and O–H groups in total. The van der Waals surface area contributed by atoms with Crippen LogP contribution in [0.3, 0.4) is 0 Å². The summed E-state index contributed by atoms with van der Waals surface area (Å²) in [6, 6.07) is 7.18. The average molecular weight is 235 g/mol. The maximum Gasteiger partial charge on any atom is 0.379 e. The summed E-state index contributed by atoms with van der Waals surface area (Å²) in [4.78, 5) is 10.6. The molecule has 0 spiro atoms. The molecular formula is C10H12F3NO2. The number of benzene rings is 1. The van der Waals surface area contributed by atoms with E-state index < -0.39 is 6.68 Å². The normalized spacial score (nSPS) is 9.12. The van der Waals surface area contributed by atoms with Gasteiger partial charge < -0.3 is 10.1 Å². The van der Waals surface area contributed by atoms with Crippen LogP contribution in [0.25, 0.3) is 0 Å². The second kappa shape index (κ2) is 7.56. The van der Waals surface area contributed by atoms with Crippen LogP contribution < -0.4 is 10.1 Å². The van der Waals surface area contributed by atoms with E-state index in [0.717, 1.165) is 11.4 Å². The molecule has 6 heteroatoms. The smallest absolute Gasteiger partial charge is 0.379 e. The van der Waals surface area contributed by atoms with Crippen LogP contribution in [0.2, 0.25) is 0 Å². The van der Waals surface area contributed by atoms with E-state index in [-0.39, 0.29) is 5.91 Å². The van der Waals surface area contributed by atoms with Crippen LogP contribution in [0.5, 0.6) is 5.75 Å². The van der Waals surface area contributed by atoms with E-state index in [2.05, 4.69) is 5.32 Å². The lowest BCUT2D eigenvalue weighted by Gasteiger charge is -2.02. The van der Waals surface area contributed by atoms with Crippen molar-refractivity contribution in [2.24, 2.45) is 0 Å². The number of hydrogen-bond acceptors (Lipinski definition) is 2. The molecule has 3 nitrogen and oxygen atoms in total. The third-order valence-corrected chi connectivity index (χ3v) is 1.41. The molecule has 16 heavy (non-hydrogen) atoms. The van der Waals surface area contributed by atoms with Crippen LogP contribution in [0.15, 0.2) is 24.3 Å². The van der Waals surface area contributed by atoms with Crippen molar-refractivity contribution in [2.45, 2.75) is 13.6 Å². The monoisotopic (exact) mass is 235 g/mol. The van der Waals surface area contributed by atoms with Crippen LogP contribution in [-0.2, 0) is 4.79 Å². The van der Waals surface area contributed by atoms with Crippen LogP contribution in [0.1, 0.15) is 6.92 Å². The zero-order valence-electron chi connectivity index (χ0n) is 8.84. The summed E-state index contributed by atoms with van der Waals surface area (Å²) in [5.74, 6) is 0.712. The van der Waals surface area contributed by atoms with Gasteiger partial charge in [-0.25, -0.2) is 0 Å². The molecule has 0 aliphatic carbocycles. The van der Waals surface area contributed by atoms with Crippen molar-refractivity contribution < 1.29 is 22.7 Å². The molecule has 0 saturated heterocycles. The van der Waals surface area contributed by atoms with Crippen molar-refractivity contribution in [3.63, 3.8) is 0 Å². The Bertz CT molecular complexity index is 312. The lowest BCUT2D eigenvalue weighted by molar-refractivity contribution is -0.114. The van der Waals surface area contributed by atoms with Gasteiger partial charge in [0.15, 0.2) is 0 Å². The minimum atomic E-state index is -3.67. The Balaban J connectivity index is 0.000000487. The molecular weight excluding hydrogens is 223 g/mol. The maximum absolute atomic E-state index is 10.6. The summed E-state index contributed by atoms with van der Waals surface area (Å²) in [6.07, 6.45) is 0. The van der Waals surface area contributed by atoms with E-state index >= 15 is 0 Å². The third kappa shape index (κ3) is 7.66. The first-order valence-electron chi connectivity index (χ1n) is 4.29. The lowest BCUT2D eigenvalue weighted by Crippen LogP contribution is -2.05. The number of amides is 1. The number of anilines is 1. The highest BCUT2D eigenvalue weighted by molar-refractivity contribution is 5.88. The summed E-state index contributed by atoms with van der Waals surface area (Å²) in [5.41, 5.74) is 0.781. The van der Waals surface area contributed by atoms with Gasteiger partial charge in [0.1, 0.15) is 5.75 Å². The standard InChI is InChI=1S/C9H11NO2.CHF3/c1-7(11)10-8-3-5-9(12-2)6-4-8;2-1(3)4/h3-6H,1-2H3,(H,10,11);1H. The van der Waals surface area contributed by atoms with Crippen LogP contribution >= 0.6 is 0 Å². The van der Waals surface area contributed by atoms with Crippen molar-refractivity contribution >= 4 is 11.6 Å². The number of carbonyl (C=O) groups is 1. The second-order valence-corrected chi connectivity index (χ2v) is 2.66. The van der Waals surface area contributed by atoms with Gasteiger partial charge in [-0.15, -0.1) is 0 Å². The third-order valence-electron chi connectivity index (χ3n) is 1.41. The topological polar surface area (TPSA) is 38.3 Å². The van der Waals surface area contributed by atoms with Crippen molar-refractivity contribution in [3.8, 4) is 5.75 Å². The summed E-state index contributed by atoms with van der Waals surface area (Å²) in [5, 5.41) is 2.66. The number of nitrogens with one attached hydrogen (secondary N) is 1. The van der Waals surface area contributed by atoms with Gasteiger partial charge in [0.2, 0.25) is 5.91 Å². The highest BCUT2D eigenvalue weighted by Gasteiger charge is 1.94. The molecule has 1 aromatic carbocycles. The molecule has 90 valence electrons. The number of methoxy groups -OCH3 is 1. The lowest BCUT2D eigenvalue weighted by atomic mass is 10.3. The molecule has 0 bridgehead atoms. The number of halogens is 3. The predicted octanol–water partition coefficient (Wildman–Crippen LogP) is 2.83. The Morgan fingerprint density at radius 1 is 1.25 bits per heavy atom. The number of alkyl halides is 3. The highest BCUT2D eigenvalue weighted by Crippen LogP contribution is 2.14. The molecule has 0 aliphatic rings. The Kier molecular flexibility index (Phi) is 6.74. The molecule has 0 unspecified atom stereocenters. The molecule has 0 heterocycles. The van der Waals surface area contributed by atoms with Crippen molar-refractivity contribution in [2.75, 3.05) is 12.4 Å².